The van der Waals surface area contributed by atoms with Gasteiger partial charge >= 0.3 is 0 Å². The molecule has 1 heterocycles. The average molecular weight is 212 g/mol. The molecule has 3 heteroatoms. The minimum Gasteiger partial charge on any atom is -0.372 e. The van der Waals surface area contributed by atoms with Gasteiger partial charge < -0.3 is 10.1 Å². The molecule has 0 bridgehead atoms. The quantitative estimate of drug-likeness (QED) is 0.810. The van der Waals surface area contributed by atoms with Crippen LogP contribution >= 0.6 is 11.6 Å². The van der Waals surface area contributed by atoms with Gasteiger partial charge in [0, 0.05) is 18.7 Å². The van der Waals surface area contributed by atoms with Crippen molar-refractivity contribution in [3.05, 3.63) is 34.9 Å². The van der Waals surface area contributed by atoms with Crippen molar-refractivity contribution in [2.75, 3.05) is 20.2 Å². The van der Waals surface area contributed by atoms with Crippen LogP contribution < -0.4 is 5.32 Å². The number of ether oxygens (including phenoxy) is 1. The number of hydrogen-bond acceptors (Lipinski definition) is 2. The second-order valence-electron chi connectivity index (χ2n) is 3.63. The van der Waals surface area contributed by atoms with E-state index in [9.17, 15) is 0 Å². The van der Waals surface area contributed by atoms with Gasteiger partial charge in [-0.05, 0) is 30.7 Å². The lowest BCUT2D eigenvalue weighted by molar-refractivity contribution is 0.00326. The van der Waals surface area contributed by atoms with Crippen LogP contribution in [0.25, 0.3) is 0 Å². The first-order valence-corrected chi connectivity index (χ1v) is 5.16. The summed E-state index contributed by atoms with van der Waals surface area (Å²) in [4.78, 5) is 0. The van der Waals surface area contributed by atoms with Crippen molar-refractivity contribution in [2.45, 2.75) is 12.0 Å². The molecule has 1 aliphatic rings. The molecular weight excluding hydrogens is 198 g/mol. The summed E-state index contributed by atoms with van der Waals surface area (Å²) in [5.74, 6) is 0. The fourth-order valence-electron chi connectivity index (χ4n) is 1.96. The van der Waals surface area contributed by atoms with Crippen molar-refractivity contribution < 1.29 is 4.74 Å². The summed E-state index contributed by atoms with van der Waals surface area (Å²) in [6, 6.07) is 7.91. The van der Waals surface area contributed by atoms with Gasteiger partial charge in [0.25, 0.3) is 0 Å². The highest BCUT2D eigenvalue weighted by atomic mass is 35.5. The Morgan fingerprint density at radius 2 is 2.07 bits per heavy atom. The Morgan fingerprint density at radius 1 is 1.36 bits per heavy atom. The number of hydrogen-bond donors (Lipinski definition) is 1. The maximum absolute atomic E-state index is 5.85. The standard InChI is InChI=1S/C11H14ClNO/c1-14-11(6-7-13-8-11)9-2-4-10(12)5-3-9/h2-5,13H,6-8H2,1H3. The van der Waals surface area contributed by atoms with Crippen LogP contribution in [0, 0.1) is 0 Å². The van der Waals surface area contributed by atoms with E-state index in [1.165, 1.54) is 5.56 Å². The summed E-state index contributed by atoms with van der Waals surface area (Å²) in [5, 5.41) is 4.09. The summed E-state index contributed by atoms with van der Waals surface area (Å²) in [5.41, 5.74) is 1.05. The fraction of sp³-hybridized carbons (Fsp3) is 0.455. The van der Waals surface area contributed by atoms with Crippen molar-refractivity contribution in [3.8, 4) is 0 Å². The van der Waals surface area contributed by atoms with E-state index in [2.05, 4.69) is 5.32 Å². The van der Waals surface area contributed by atoms with E-state index in [1.54, 1.807) is 7.11 Å². The minimum absolute atomic E-state index is 0.148. The third-order valence-electron chi connectivity index (χ3n) is 2.88. The van der Waals surface area contributed by atoms with Crippen LogP contribution in [0.1, 0.15) is 12.0 Å². The molecule has 2 rings (SSSR count). The first kappa shape index (κ1) is 9.97. The lowest BCUT2D eigenvalue weighted by Crippen LogP contribution is -2.30. The highest BCUT2D eigenvalue weighted by Crippen LogP contribution is 2.31. The molecule has 1 aromatic carbocycles. The van der Waals surface area contributed by atoms with Crippen LogP contribution in [-0.2, 0) is 10.3 Å². The molecule has 0 saturated carbocycles. The Morgan fingerprint density at radius 3 is 2.57 bits per heavy atom. The largest absolute Gasteiger partial charge is 0.372 e. The molecule has 0 amide bonds. The molecule has 76 valence electrons. The summed E-state index contributed by atoms with van der Waals surface area (Å²) in [6.07, 6.45) is 1.02. The number of methoxy groups -OCH3 is 1. The van der Waals surface area contributed by atoms with Gasteiger partial charge in [-0.15, -0.1) is 0 Å². The zero-order valence-electron chi connectivity index (χ0n) is 8.22. The number of nitrogens with one attached hydrogen (secondary N) is 1. The van der Waals surface area contributed by atoms with Gasteiger partial charge in [-0.3, -0.25) is 0 Å². The molecule has 0 radical (unpaired) electrons. The second-order valence-corrected chi connectivity index (χ2v) is 4.07. The third kappa shape index (κ3) is 1.65. The molecule has 1 atom stereocenters. The van der Waals surface area contributed by atoms with Crippen molar-refractivity contribution in [1.29, 1.82) is 0 Å². The SMILES string of the molecule is COC1(c2ccc(Cl)cc2)CCNC1. The molecule has 14 heavy (non-hydrogen) atoms. The van der Waals surface area contributed by atoms with Gasteiger partial charge in [0.2, 0.25) is 0 Å². The predicted octanol–water partition coefficient (Wildman–Crippen LogP) is 2.17. The summed E-state index contributed by atoms with van der Waals surface area (Å²) >= 11 is 5.85. The first-order chi connectivity index (χ1) is 6.77. The Hall–Kier alpha value is -0.570. The lowest BCUT2D eigenvalue weighted by Gasteiger charge is -2.27. The smallest absolute Gasteiger partial charge is 0.106 e. The fourth-order valence-corrected chi connectivity index (χ4v) is 2.09. The molecule has 0 spiro atoms. The maximum Gasteiger partial charge on any atom is 0.106 e. The normalized spacial score (nSPS) is 26.7. The predicted molar refractivity (Wildman–Crippen MR) is 57.6 cm³/mol. The Kier molecular flexibility index (Phi) is 2.77. The molecule has 1 N–H and O–H groups in total. The van der Waals surface area contributed by atoms with Gasteiger partial charge in [0.1, 0.15) is 5.60 Å². The van der Waals surface area contributed by atoms with Crippen LogP contribution in [0.5, 0.6) is 0 Å². The number of halogens is 1. The van der Waals surface area contributed by atoms with Gasteiger partial charge in [0.05, 0.1) is 0 Å². The van der Waals surface area contributed by atoms with Crippen molar-refractivity contribution >= 4 is 11.6 Å². The summed E-state index contributed by atoms with van der Waals surface area (Å²) in [6.45, 7) is 1.89. The monoisotopic (exact) mass is 211 g/mol. The van der Waals surface area contributed by atoms with Gasteiger partial charge in [-0.25, -0.2) is 0 Å². The van der Waals surface area contributed by atoms with Crippen molar-refractivity contribution in [2.24, 2.45) is 0 Å². The van der Waals surface area contributed by atoms with E-state index < -0.39 is 0 Å². The van der Waals surface area contributed by atoms with Crippen molar-refractivity contribution in [3.63, 3.8) is 0 Å². The van der Waals surface area contributed by atoms with E-state index in [-0.39, 0.29) is 5.60 Å². The number of rotatable bonds is 2. The van der Waals surface area contributed by atoms with Crippen molar-refractivity contribution in [1.82, 2.24) is 5.32 Å². The molecule has 0 aliphatic carbocycles. The zero-order chi connectivity index (χ0) is 10.0. The molecule has 2 nitrogen and oxygen atoms in total. The van der Waals surface area contributed by atoms with Gasteiger partial charge in [0.15, 0.2) is 0 Å². The Bertz CT molecular complexity index is 304. The topological polar surface area (TPSA) is 21.3 Å². The minimum atomic E-state index is -0.148. The van der Waals surface area contributed by atoms with Crippen LogP contribution in [0.15, 0.2) is 24.3 Å². The number of benzene rings is 1. The van der Waals surface area contributed by atoms with Crippen LogP contribution in [0.3, 0.4) is 0 Å². The molecule has 1 fully saturated rings. The van der Waals surface area contributed by atoms with Gasteiger partial charge in [-0.1, -0.05) is 23.7 Å². The van der Waals surface area contributed by atoms with Gasteiger partial charge in [-0.2, -0.15) is 0 Å². The highest BCUT2D eigenvalue weighted by molar-refractivity contribution is 6.30. The van der Waals surface area contributed by atoms with E-state index >= 15 is 0 Å². The zero-order valence-corrected chi connectivity index (χ0v) is 8.97. The molecular formula is C11H14ClNO. The lowest BCUT2D eigenvalue weighted by atomic mass is 9.93. The second kappa shape index (κ2) is 3.89. The van der Waals surface area contributed by atoms with E-state index in [0.29, 0.717) is 0 Å². The van der Waals surface area contributed by atoms with Crippen LogP contribution in [-0.4, -0.2) is 20.2 Å². The average Bonchev–Trinajstić information content (AvgIpc) is 2.68. The molecule has 1 aliphatic heterocycles. The van der Waals surface area contributed by atoms with E-state index in [0.717, 1.165) is 24.5 Å². The van der Waals surface area contributed by atoms with Crippen LogP contribution in [0.4, 0.5) is 0 Å². The maximum atomic E-state index is 5.85. The Balaban J connectivity index is 2.31. The highest BCUT2D eigenvalue weighted by Gasteiger charge is 2.35. The first-order valence-electron chi connectivity index (χ1n) is 4.79. The molecule has 0 aromatic heterocycles. The summed E-state index contributed by atoms with van der Waals surface area (Å²) < 4.78 is 5.62. The van der Waals surface area contributed by atoms with Crippen LogP contribution in [0.2, 0.25) is 5.02 Å². The molecule has 1 saturated heterocycles. The van der Waals surface area contributed by atoms with E-state index in [4.69, 9.17) is 16.3 Å². The summed E-state index contributed by atoms with van der Waals surface area (Å²) in [7, 11) is 1.77. The molecule has 1 unspecified atom stereocenters. The Labute approximate surface area is 89.2 Å². The molecule has 1 aromatic rings. The van der Waals surface area contributed by atoms with E-state index in [1.807, 2.05) is 24.3 Å². The third-order valence-corrected chi connectivity index (χ3v) is 3.13.